The van der Waals surface area contributed by atoms with Gasteiger partial charge in [0.05, 0.1) is 5.69 Å². The summed E-state index contributed by atoms with van der Waals surface area (Å²) in [6.07, 6.45) is 0. The predicted molar refractivity (Wildman–Crippen MR) is 78.7 cm³/mol. The van der Waals surface area contributed by atoms with Gasteiger partial charge in [0.2, 0.25) is 0 Å². The van der Waals surface area contributed by atoms with Crippen LogP contribution < -0.4 is 5.73 Å². The number of anilines is 1. The maximum Gasteiger partial charge on any atom is 0.187 e. The SMILES string of the molecule is Cc1cc(-n2nnnc2-c2cc(N)cc(Cl)c2)ccc1F. The fraction of sp³-hybridized carbons (Fsp3) is 0.0714. The van der Waals surface area contributed by atoms with E-state index in [2.05, 4.69) is 15.5 Å². The molecule has 2 aromatic carbocycles. The summed E-state index contributed by atoms with van der Waals surface area (Å²) in [5.41, 5.74) is 8.16. The number of aromatic nitrogens is 4. The molecule has 21 heavy (non-hydrogen) atoms. The lowest BCUT2D eigenvalue weighted by Gasteiger charge is -2.07. The number of nitrogens with zero attached hydrogens (tertiary/aromatic N) is 4. The van der Waals surface area contributed by atoms with E-state index in [0.717, 1.165) is 0 Å². The number of hydrogen-bond donors (Lipinski definition) is 1. The molecule has 0 unspecified atom stereocenters. The average Bonchev–Trinajstić information content (AvgIpc) is 2.90. The number of nitrogens with two attached hydrogens (primary N) is 1. The molecule has 0 spiro atoms. The fourth-order valence-corrected chi connectivity index (χ4v) is 2.29. The van der Waals surface area contributed by atoms with Gasteiger partial charge in [-0.1, -0.05) is 11.6 Å². The summed E-state index contributed by atoms with van der Waals surface area (Å²) in [7, 11) is 0. The van der Waals surface area contributed by atoms with Crippen LogP contribution in [0.5, 0.6) is 0 Å². The number of halogens is 2. The molecule has 0 amide bonds. The van der Waals surface area contributed by atoms with Crippen molar-refractivity contribution in [1.82, 2.24) is 20.2 Å². The quantitative estimate of drug-likeness (QED) is 0.739. The van der Waals surface area contributed by atoms with Gasteiger partial charge in [0.15, 0.2) is 5.82 Å². The van der Waals surface area contributed by atoms with E-state index in [-0.39, 0.29) is 5.82 Å². The summed E-state index contributed by atoms with van der Waals surface area (Å²) >= 11 is 6.00. The first-order valence-corrected chi connectivity index (χ1v) is 6.54. The van der Waals surface area contributed by atoms with Crippen LogP contribution >= 0.6 is 11.6 Å². The summed E-state index contributed by atoms with van der Waals surface area (Å²) in [5, 5.41) is 12.1. The van der Waals surface area contributed by atoms with Crippen molar-refractivity contribution in [2.75, 3.05) is 5.73 Å². The first-order chi connectivity index (χ1) is 10.0. The maximum atomic E-state index is 13.4. The normalized spacial score (nSPS) is 10.8. The molecule has 0 aliphatic heterocycles. The van der Waals surface area contributed by atoms with Crippen molar-refractivity contribution >= 4 is 17.3 Å². The molecule has 106 valence electrons. The van der Waals surface area contributed by atoms with Gasteiger partial charge in [0.25, 0.3) is 0 Å². The molecule has 0 radical (unpaired) electrons. The molecule has 0 saturated heterocycles. The summed E-state index contributed by atoms with van der Waals surface area (Å²) < 4.78 is 14.9. The topological polar surface area (TPSA) is 69.6 Å². The average molecular weight is 304 g/mol. The smallest absolute Gasteiger partial charge is 0.187 e. The molecule has 5 nitrogen and oxygen atoms in total. The molecular weight excluding hydrogens is 293 g/mol. The van der Waals surface area contributed by atoms with Crippen molar-refractivity contribution in [3.63, 3.8) is 0 Å². The molecule has 0 saturated carbocycles. The van der Waals surface area contributed by atoms with Crippen molar-refractivity contribution in [2.24, 2.45) is 0 Å². The molecule has 3 aromatic rings. The van der Waals surface area contributed by atoms with E-state index >= 15 is 0 Å². The maximum absolute atomic E-state index is 13.4. The molecule has 0 aliphatic carbocycles. The number of hydrogen-bond acceptors (Lipinski definition) is 4. The van der Waals surface area contributed by atoms with Crippen molar-refractivity contribution in [1.29, 1.82) is 0 Å². The van der Waals surface area contributed by atoms with E-state index < -0.39 is 0 Å². The molecule has 0 aliphatic rings. The van der Waals surface area contributed by atoms with Crippen LogP contribution in [0.3, 0.4) is 0 Å². The van der Waals surface area contributed by atoms with Gasteiger partial charge < -0.3 is 5.73 Å². The zero-order valence-electron chi connectivity index (χ0n) is 11.1. The third kappa shape index (κ3) is 2.57. The number of tetrazole rings is 1. The highest BCUT2D eigenvalue weighted by molar-refractivity contribution is 6.31. The monoisotopic (exact) mass is 303 g/mol. The zero-order chi connectivity index (χ0) is 15.0. The Bertz CT molecular complexity index is 795. The van der Waals surface area contributed by atoms with E-state index in [0.29, 0.717) is 33.3 Å². The molecule has 3 rings (SSSR count). The summed E-state index contributed by atoms with van der Waals surface area (Å²) in [5.74, 6) is 0.204. The second-order valence-electron chi connectivity index (χ2n) is 4.62. The van der Waals surface area contributed by atoms with Gasteiger partial charge in [-0.2, -0.15) is 4.68 Å². The standard InChI is InChI=1S/C14H11ClFN5/c1-8-4-12(2-3-13(8)16)21-14(18-19-20-21)9-5-10(15)7-11(17)6-9/h2-7H,17H2,1H3. The Morgan fingerprint density at radius 1 is 1.19 bits per heavy atom. The molecule has 1 aromatic heterocycles. The van der Waals surface area contributed by atoms with Gasteiger partial charge in [-0.05, 0) is 59.3 Å². The van der Waals surface area contributed by atoms with Gasteiger partial charge >= 0.3 is 0 Å². The fourth-order valence-electron chi connectivity index (χ4n) is 2.04. The minimum Gasteiger partial charge on any atom is -0.399 e. The van der Waals surface area contributed by atoms with Crippen LogP contribution in [0.4, 0.5) is 10.1 Å². The Hall–Kier alpha value is -2.47. The minimum atomic E-state index is -0.277. The molecular formula is C14H11ClFN5. The van der Waals surface area contributed by atoms with E-state index in [4.69, 9.17) is 17.3 Å². The van der Waals surface area contributed by atoms with Gasteiger partial charge in [0.1, 0.15) is 5.82 Å². The molecule has 0 fully saturated rings. The molecule has 2 N–H and O–H groups in total. The first-order valence-electron chi connectivity index (χ1n) is 6.16. The second kappa shape index (κ2) is 5.14. The molecule has 0 bridgehead atoms. The van der Waals surface area contributed by atoms with Crippen LogP contribution in [0.15, 0.2) is 36.4 Å². The second-order valence-corrected chi connectivity index (χ2v) is 5.06. The van der Waals surface area contributed by atoms with Crippen LogP contribution in [-0.2, 0) is 0 Å². The van der Waals surface area contributed by atoms with E-state index in [9.17, 15) is 4.39 Å². The van der Waals surface area contributed by atoms with Crippen LogP contribution in [0.2, 0.25) is 5.02 Å². The number of benzene rings is 2. The molecule has 7 heteroatoms. The van der Waals surface area contributed by atoms with Crippen LogP contribution in [0, 0.1) is 12.7 Å². The third-order valence-electron chi connectivity index (χ3n) is 3.03. The van der Waals surface area contributed by atoms with Crippen molar-refractivity contribution in [2.45, 2.75) is 6.92 Å². The van der Waals surface area contributed by atoms with Gasteiger partial charge in [-0.15, -0.1) is 5.10 Å². The van der Waals surface area contributed by atoms with Gasteiger partial charge in [-0.25, -0.2) is 4.39 Å². The Labute approximate surface area is 125 Å². The van der Waals surface area contributed by atoms with Crippen molar-refractivity contribution < 1.29 is 4.39 Å². The number of nitrogen functional groups attached to an aromatic ring is 1. The van der Waals surface area contributed by atoms with Gasteiger partial charge in [-0.3, -0.25) is 0 Å². The van der Waals surface area contributed by atoms with Crippen molar-refractivity contribution in [3.8, 4) is 17.1 Å². The lowest BCUT2D eigenvalue weighted by Crippen LogP contribution is -2.01. The Kier molecular flexibility index (Phi) is 3.31. The predicted octanol–water partition coefficient (Wildman–Crippen LogP) is 3.01. The summed E-state index contributed by atoms with van der Waals surface area (Å²) in [6, 6.07) is 9.74. The van der Waals surface area contributed by atoms with E-state index in [1.54, 1.807) is 37.3 Å². The van der Waals surface area contributed by atoms with E-state index in [1.165, 1.54) is 10.7 Å². The van der Waals surface area contributed by atoms with Crippen LogP contribution in [-0.4, -0.2) is 20.2 Å². The van der Waals surface area contributed by atoms with E-state index in [1.807, 2.05) is 0 Å². The van der Waals surface area contributed by atoms with Gasteiger partial charge in [0, 0.05) is 16.3 Å². The highest BCUT2D eigenvalue weighted by Gasteiger charge is 2.13. The third-order valence-corrected chi connectivity index (χ3v) is 3.25. The minimum absolute atomic E-state index is 0.277. The lowest BCUT2D eigenvalue weighted by molar-refractivity contribution is 0.617. The first kappa shape index (κ1) is 13.5. The molecule has 0 atom stereocenters. The van der Waals surface area contributed by atoms with Crippen LogP contribution in [0.1, 0.15) is 5.56 Å². The number of rotatable bonds is 2. The highest BCUT2D eigenvalue weighted by Crippen LogP contribution is 2.26. The lowest BCUT2D eigenvalue weighted by atomic mass is 10.1. The Balaban J connectivity index is 2.14. The zero-order valence-corrected chi connectivity index (χ0v) is 11.8. The Morgan fingerprint density at radius 2 is 2.00 bits per heavy atom. The highest BCUT2D eigenvalue weighted by atomic mass is 35.5. The van der Waals surface area contributed by atoms with Crippen molar-refractivity contribution in [3.05, 3.63) is 52.8 Å². The summed E-state index contributed by atoms with van der Waals surface area (Å²) in [6.45, 7) is 1.68. The summed E-state index contributed by atoms with van der Waals surface area (Å²) in [4.78, 5) is 0. The number of aryl methyl sites for hydroxylation is 1. The van der Waals surface area contributed by atoms with Crippen LogP contribution in [0.25, 0.3) is 17.1 Å². The molecule has 1 heterocycles. The Morgan fingerprint density at radius 3 is 2.71 bits per heavy atom. The largest absolute Gasteiger partial charge is 0.399 e.